The average Bonchev–Trinajstić information content (AvgIpc) is 3.18. The van der Waals surface area contributed by atoms with Gasteiger partial charge in [-0.25, -0.2) is 9.78 Å². The van der Waals surface area contributed by atoms with E-state index in [0.29, 0.717) is 52.1 Å². The minimum atomic E-state index is -0.669. The molecular weight excluding hydrogens is 495 g/mol. The predicted molar refractivity (Wildman–Crippen MR) is 137 cm³/mol. The topological polar surface area (TPSA) is 151 Å². The van der Waals surface area contributed by atoms with E-state index >= 15 is 0 Å². The molecule has 0 saturated carbocycles. The van der Waals surface area contributed by atoms with Gasteiger partial charge in [-0.1, -0.05) is 29.3 Å². The van der Waals surface area contributed by atoms with Gasteiger partial charge in [0.05, 0.1) is 10.5 Å². The van der Waals surface area contributed by atoms with Crippen LogP contribution in [0, 0.1) is 10.1 Å². The van der Waals surface area contributed by atoms with Gasteiger partial charge >= 0.3 is 11.7 Å². The molecule has 0 saturated heterocycles. The van der Waals surface area contributed by atoms with Gasteiger partial charge in [-0.05, 0) is 38.5 Å². The lowest BCUT2D eigenvalue weighted by Crippen LogP contribution is -2.38. The number of aromatic nitrogens is 2. The molecule has 3 rings (SSSR count). The number of benzene rings is 1. The van der Waals surface area contributed by atoms with E-state index in [4.69, 9.17) is 39.4 Å². The van der Waals surface area contributed by atoms with Crippen molar-refractivity contribution in [1.29, 1.82) is 0 Å². The molecule has 0 atom stereocenters. The third-order valence-corrected chi connectivity index (χ3v) is 5.44. The summed E-state index contributed by atoms with van der Waals surface area (Å²) in [5.74, 6) is -0.228. The molecule has 10 nitrogen and oxygen atoms in total. The van der Waals surface area contributed by atoms with Gasteiger partial charge < -0.3 is 26.1 Å². The number of rotatable bonds is 10. The molecule has 0 unspecified atom stereocenters. The van der Waals surface area contributed by atoms with E-state index in [1.54, 1.807) is 38.2 Å². The van der Waals surface area contributed by atoms with Crippen molar-refractivity contribution in [2.45, 2.75) is 32.4 Å². The first kappa shape index (κ1) is 26.3. The van der Waals surface area contributed by atoms with E-state index in [0.717, 1.165) is 0 Å². The van der Waals surface area contributed by atoms with Gasteiger partial charge in [-0.3, -0.25) is 10.1 Å². The van der Waals surface area contributed by atoms with Crippen LogP contribution >= 0.6 is 23.2 Å². The number of ether oxygens (including phenoxy) is 1. The minimum Gasteiger partial charge on any atom is -0.460 e. The number of nitrogens with zero attached hydrogens (tertiary/aromatic N) is 3. The largest absolute Gasteiger partial charge is 0.460 e. The van der Waals surface area contributed by atoms with E-state index in [9.17, 15) is 14.9 Å². The maximum Gasteiger partial charge on any atom is 0.340 e. The summed E-state index contributed by atoms with van der Waals surface area (Å²) in [4.78, 5) is 27.1. The summed E-state index contributed by atoms with van der Waals surface area (Å²) >= 11 is 12.4. The standard InChI is InChI=1S/C23H26Cl2N6O4/c1-23(2,27)13-35-22(32)17-12-30(11-16(17)15-5-4-14(24)10-18(15)25)9-3-8-28-20-7-6-19(31(33)34)21(26)29-20/h4-7,10-12H,3,8-9,13,27H2,1-2H3,(H3,26,28,29). The number of carbonyl (C=O) groups excluding carboxylic acids is 1. The van der Waals surface area contributed by atoms with Gasteiger partial charge in [0, 0.05) is 58.3 Å². The Labute approximate surface area is 212 Å². The van der Waals surface area contributed by atoms with Crippen LogP contribution in [0.1, 0.15) is 30.6 Å². The molecule has 0 fully saturated rings. The number of carbonyl (C=O) groups is 1. The number of esters is 1. The third kappa shape index (κ3) is 7.08. The first-order chi connectivity index (χ1) is 16.4. The number of halogens is 2. The van der Waals surface area contributed by atoms with E-state index in [1.807, 2.05) is 10.8 Å². The maximum absolute atomic E-state index is 12.9. The van der Waals surface area contributed by atoms with Crippen LogP contribution in [0.15, 0.2) is 42.7 Å². The Kier molecular flexibility index (Phi) is 8.21. The molecule has 0 amide bonds. The van der Waals surface area contributed by atoms with Crippen LogP contribution in [0.4, 0.5) is 17.3 Å². The molecule has 0 aliphatic rings. The van der Waals surface area contributed by atoms with Crippen LogP contribution < -0.4 is 16.8 Å². The SMILES string of the molecule is CC(C)(N)COC(=O)c1cn(CCCNc2ccc([N+](=O)[O-])c(N)n2)cc1-c1ccc(Cl)cc1Cl. The molecule has 0 radical (unpaired) electrons. The normalized spacial score (nSPS) is 11.3. The van der Waals surface area contributed by atoms with Gasteiger partial charge in [0.15, 0.2) is 0 Å². The van der Waals surface area contributed by atoms with Crippen molar-refractivity contribution in [3.63, 3.8) is 0 Å². The average molecular weight is 521 g/mol. The number of nitrogen functional groups attached to an aromatic ring is 1. The summed E-state index contributed by atoms with van der Waals surface area (Å²) in [6.07, 6.45) is 4.18. The zero-order chi connectivity index (χ0) is 25.8. The Hall–Kier alpha value is -3.34. The first-order valence-electron chi connectivity index (χ1n) is 10.7. The Balaban J connectivity index is 1.73. The summed E-state index contributed by atoms with van der Waals surface area (Å²) < 4.78 is 7.29. The zero-order valence-corrected chi connectivity index (χ0v) is 20.8. The predicted octanol–water partition coefficient (Wildman–Crippen LogP) is 4.74. The van der Waals surface area contributed by atoms with Crippen molar-refractivity contribution >= 4 is 46.5 Å². The highest BCUT2D eigenvalue weighted by atomic mass is 35.5. The van der Waals surface area contributed by atoms with Crippen molar-refractivity contribution in [2.75, 3.05) is 24.2 Å². The van der Waals surface area contributed by atoms with Crippen molar-refractivity contribution in [2.24, 2.45) is 5.73 Å². The summed E-state index contributed by atoms with van der Waals surface area (Å²) in [5.41, 5.74) is 12.3. The molecular formula is C23H26Cl2N6O4. The van der Waals surface area contributed by atoms with Crippen LogP contribution in [0.3, 0.4) is 0 Å². The van der Waals surface area contributed by atoms with Gasteiger partial charge in [0.2, 0.25) is 5.82 Å². The van der Waals surface area contributed by atoms with Crippen LogP contribution in [0.5, 0.6) is 0 Å². The highest BCUT2D eigenvalue weighted by molar-refractivity contribution is 6.36. The van der Waals surface area contributed by atoms with Crippen molar-refractivity contribution in [1.82, 2.24) is 9.55 Å². The number of hydrogen-bond acceptors (Lipinski definition) is 8. The van der Waals surface area contributed by atoms with E-state index in [2.05, 4.69) is 10.3 Å². The minimum absolute atomic E-state index is 0.0556. The number of nitrogens with one attached hydrogen (secondary N) is 1. The Morgan fingerprint density at radius 3 is 2.60 bits per heavy atom. The molecule has 2 aromatic heterocycles. The second-order valence-electron chi connectivity index (χ2n) is 8.65. The summed E-state index contributed by atoms with van der Waals surface area (Å²) in [6.45, 7) is 4.66. The molecule has 2 heterocycles. The van der Waals surface area contributed by atoms with Crippen molar-refractivity contribution in [3.05, 3.63) is 68.4 Å². The molecule has 12 heteroatoms. The lowest BCUT2D eigenvalue weighted by atomic mass is 10.0. The molecule has 0 aliphatic carbocycles. The smallest absolute Gasteiger partial charge is 0.340 e. The van der Waals surface area contributed by atoms with Crippen LogP contribution in [-0.4, -0.2) is 39.1 Å². The number of hydrogen-bond donors (Lipinski definition) is 3. The summed E-state index contributed by atoms with van der Waals surface area (Å²) in [6, 6.07) is 7.86. The Bertz CT molecular complexity index is 1240. The van der Waals surface area contributed by atoms with E-state index in [1.165, 1.54) is 12.1 Å². The fourth-order valence-corrected chi connectivity index (χ4v) is 3.76. The maximum atomic E-state index is 12.9. The van der Waals surface area contributed by atoms with Crippen molar-refractivity contribution in [3.8, 4) is 11.1 Å². The zero-order valence-electron chi connectivity index (χ0n) is 19.3. The molecule has 0 bridgehead atoms. The third-order valence-electron chi connectivity index (χ3n) is 4.89. The fourth-order valence-electron chi connectivity index (χ4n) is 3.25. The monoisotopic (exact) mass is 520 g/mol. The van der Waals surface area contributed by atoms with Gasteiger partial charge in [0.25, 0.3) is 0 Å². The highest BCUT2D eigenvalue weighted by Crippen LogP contribution is 2.34. The highest BCUT2D eigenvalue weighted by Gasteiger charge is 2.22. The molecule has 0 aliphatic heterocycles. The second-order valence-corrected chi connectivity index (χ2v) is 9.49. The number of aryl methyl sites for hydroxylation is 1. The molecule has 5 N–H and O–H groups in total. The first-order valence-corrected chi connectivity index (χ1v) is 11.5. The number of anilines is 2. The second kappa shape index (κ2) is 10.9. The summed E-state index contributed by atoms with van der Waals surface area (Å²) in [5, 5.41) is 14.8. The molecule has 35 heavy (non-hydrogen) atoms. The van der Waals surface area contributed by atoms with Gasteiger partial charge in [-0.2, -0.15) is 0 Å². The van der Waals surface area contributed by atoms with E-state index in [-0.39, 0.29) is 18.1 Å². The molecule has 186 valence electrons. The molecule has 0 spiro atoms. The molecule has 1 aromatic carbocycles. The molecule has 3 aromatic rings. The van der Waals surface area contributed by atoms with E-state index < -0.39 is 16.4 Å². The summed E-state index contributed by atoms with van der Waals surface area (Å²) in [7, 11) is 0. The quantitative estimate of drug-likeness (QED) is 0.150. The number of pyridine rings is 1. The van der Waals surface area contributed by atoms with Gasteiger partial charge in [-0.15, -0.1) is 0 Å². The van der Waals surface area contributed by atoms with Gasteiger partial charge in [0.1, 0.15) is 12.4 Å². The van der Waals surface area contributed by atoms with Crippen molar-refractivity contribution < 1.29 is 14.5 Å². The Morgan fingerprint density at radius 1 is 1.23 bits per heavy atom. The fraction of sp³-hybridized carbons (Fsp3) is 0.304. The van der Waals surface area contributed by atoms with Crippen LogP contribution in [0.2, 0.25) is 10.0 Å². The lowest BCUT2D eigenvalue weighted by molar-refractivity contribution is -0.384. The lowest BCUT2D eigenvalue weighted by Gasteiger charge is -2.18. The number of nitro groups is 1. The Morgan fingerprint density at radius 2 is 1.97 bits per heavy atom. The number of nitrogens with two attached hydrogens (primary N) is 2. The van der Waals surface area contributed by atoms with Crippen LogP contribution in [-0.2, 0) is 11.3 Å². The van der Waals surface area contributed by atoms with Crippen LogP contribution in [0.25, 0.3) is 11.1 Å².